The van der Waals surface area contributed by atoms with Gasteiger partial charge in [-0.25, -0.2) is 4.98 Å². The fourth-order valence-electron chi connectivity index (χ4n) is 7.33. The Balaban J connectivity index is 1.32. The molecule has 1 amide bonds. The fraction of sp³-hybridized carbons (Fsp3) is 0.370. The first-order chi connectivity index (χ1) is 15.7. The monoisotopic (exact) mass is 423 g/mol. The summed E-state index contributed by atoms with van der Waals surface area (Å²) in [5.41, 5.74) is 2.53. The molecule has 2 N–H and O–H groups in total. The van der Waals surface area contributed by atoms with Gasteiger partial charge >= 0.3 is 0 Å². The Kier molecular flexibility index (Phi) is 3.81. The van der Waals surface area contributed by atoms with Crippen LogP contribution in [0.3, 0.4) is 0 Å². The standard InChI is InChI=1S/C27H26N4O/c32-26(30-27-12-17-9-18(13-27)11-19(10-17)14-27)24-23-7-3-4-8-31(23)25(29-24)22-16-28-15-20-5-1-2-6-21(20)22/h1-8,15-19H,9-14H2,(H,30,32)/p+1. The maximum absolute atomic E-state index is 13.7. The number of fused-ring (bicyclic) bond motifs is 2. The second kappa shape index (κ2) is 6.64. The Morgan fingerprint density at radius 2 is 1.69 bits per heavy atom. The lowest BCUT2D eigenvalue weighted by Crippen LogP contribution is -2.59. The maximum atomic E-state index is 13.7. The number of carbonyl (C=O) groups excluding carboxylic acids is 1. The summed E-state index contributed by atoms with van der Waals surface area (Å²) in [6.45, 7) is 0. The lowest BCUT2D eigenvalue weighted by Gasteiger charge is -2.56. The van der Waals surface area contributed by atoms with Gasteiger partial charge in [-0.15, -0.1) is 0 Å². The minimum atomic E-state index is -0.0100. The molecule has 4 aliphatic rings. The van der Waals surface area contributed by atoms with Crippen LogP contribution in [-0.2, 0) is 0 Å². The van der Waals surface area contributed by atoms with Gasteiger partial charge in [0.2, 0.25) is 5.69 Å². The Labute approximate surface area is 186 Å². The van der Waals surface area contributed by atoms with Crippen LogP contribution >= 0.6 is 0 Å². The van der Waals surface area contributed by atoms with Gasteiger partial charge in [-0.2, -0.15) is 4.40 Å². The molecule has 4 bridgehead atoms. The molecule has 0 unspecified atom stereocenters. The zero-order valence-corrected chi connectivity index (χ0v) is 18.1. The number of benzene rings is 1. The van der Waals surface area contributed by atoms with Crippen LogP contribution in [0.5, 0.6) is 0 Å². The van der Waals surface area contributed by atoms with Gasteiger partial charge in [-0.3, -0.25) is 9.78 Å². The van der Waals surface area contributed by atoms with Crippen LogP contribution in [0.25, 0.3) is 27.7 Å². The summed E-state index contributed by atoms with van der Waals surface area (Å²) in [5, 5.41) is 5.74. The number of imidazole rings is 1. The summed E-state index contributed by atoms with van der Waals surface area (Å²) >= 11 is 0. The molecule has 0 aliphatic heterocycles. The molecule has 5 nitrogen and oxygen atoms in total. The minimum Gasteiger partial charge on any atom is -0.343 e. The molecular formula is C27H27N4O+. The summed E-state index contributed by atoms with van der Waals surface area (Å²) in [7, 11) is 0. The molecule has 32 heavy (non-hydrogen) atoms. The third-order valence-corrected chi connectivity index (χ3v) is 8.17. The van der Waals surface area contributed by atoms with Gasteiger partial charge in [0.1, 0.15) is 0 Å². The van der Waals surface area contributed by atoms with Crippen LogP contribution in [0.1, 0.15) is 49.0 Å². The van der Waals surface area contributed by atoms with Gasteiger partial charge in [0.05, 0.1) is 11.8 Å². The third kappa shape index (κ3) is 2.73. The Bertz CT molecular complexity index is 1330. The second-order valence-electron chi connectivity index (χ2n) is 10.4. The number of hydrogen-bond donors (Lipinski definition) is 2. The molecule has 0 atom stereocenters. The maximum Gasteiger partial charge on any atom is 0.296 e. The number of amides is 1. The van der Waals surface area contributed by atoms with Gasteiger partial charge in [-0.1, -0.05) is 30.3 Å². The molecule has 3 aromatic heterocycles. The molecule has 4 aromatic rings. The molecule has 0 spiro atoms. The first-order valence-electron chi connectivity index (χ1n) is 11.9. The van der Waals surface area contributed by atoms with Crippen molar-refractivity contribution in [3.8, 4) is 11.4 Å². The van der Waals surface area contributed by atoms with Gasteiger partial charge in [0.15, 0.2) is 5.52 Å². The highest BCUT2D eigenvalue weighted by atomic mass is 16.2. The van der Waals surface area contributed by atoms with Crippen molar-refractivity contribution >= 4 is 22.2 Å². The van der Waals surface area contributed by atoms with E-state index >= 15 is 0 Å². The van der Waals surface area contributed by atoms with E-state index in [9.17, 15) is 4.79 Å². The topological polar surface area (TPSA) is 61.9 Å². The summed E-state index contributed by atoms with van der Waals surface area (Å²) in [4.78, 5) is 21.6. The smallest absolute Gasteiger partial charge is 0.296 e. The van der Waals surface area contributed by atoms with E-state index in [4.69, 9.17) is 0 Å². The fourth-order valence-corrected chi connectivity index (χ4v) is 7.33. The van der Waals surface area contributed by atoms with E-state index in [0.717, 1.165) is 64.7 Å². The highest BCUT2D eigenvalue weighted by molar-refractivity contribution is 6.00. The van der Waals surface area contributed by atoms with Gasteiger partial charge in [0.25, 0.3) is 11.7 Å². The summed E-state index contributed by atoms with van der Waals surface area (Å²) in [6, 6.07) is 14.3. The number of pyridine rings is 2. The van der Waals surface area contributed by atoms with Crippen LogP contribution in [0, 0.1) is 17.8 Å². The molecule has 0 saturated heterocycles. The molecule has 0 radical (unpaired) electrons. The van der Waals surface area contributed by atoms with Crippen molar-refractivity contribution in [1.29, 1.82) is 0 Å². The number of carbonyl (C=O) groups is 1. The number of aromatic nitrogens is 3. The molecule has 4 saturated carbocycles. The Morgan fingerprint density at radius 3 is 2.47 bits per heavy atom. The molecule has 3 heterocycles. The van der Waals surface area contributed by atoms with Crippen LogP contribution in [-0.4, -0.2) is 21.4 Å². The molecule has 1 aromatic carbocycles. The molecular weight excluding hydrogens is 396 g/mol. The molecule has 5 heteroatoms. The lowest BCUT2D eigenvalue weighted by molar-refractivity contribution is -0.498. The van der Waals surface area contributed by atoms with E-state index in [1.54, 1.807) is 0 Å². The average Bonchev–Trinajstić information content (AvgIpc) is 3.17. The summed E-state index contributed by atoms with van der Waals surface area (Å²) in [5.74, 6) is 3.31. The van der Waals surface area contributed by atoms with E-state index in [2.05, 4.69) is 31.8 Å². The predicted molar refractivity (Wildman–Crippen MR) is 123 cm³/mol. The number of hydrogen-bond acceptors (Lipinski definition) is 2. The molecule has 4 aliphatic carbocycles. The van der Waals surface area contributed by atoms with Gasteiger partial charge in [-0.05, 0) is 68.4 Å². The van der Waals surface area contributed by atoms with Crippen molar-refractivity contribution in [2.45, 2.75) is 44.1 Å². The minimum absolute atomic E-state index is 0.0100. The normalized spacial score (nSPS) is 28.4. The number of nitrogens with one attached hydrogen (secondary N) is 2. The van der Waals surface area contributed by atoms with Crippen LogP contribution in [0.4, 0.5) is 0 Å². The number of aromatic amines is 1. The average molecular weight is 424 g/mol. The van der Waals surface area contributed by atoms with Crippen molar-refractivity contribution in [2.24, 2.45) is 17.8 Å². The second-order valence-corrected chi connectivity index (χ2v) is 10.4. The van der Waals surface area contributed by atoms with Gasteiger partial charge in [0, 0.05) is 28.7 Å². The van der Waals surface area contributed by atoms with Crippen LogP contribution in [0.15, 0.2) is 61.1 Å². The van der Waals surface area contributed by atoms with Crippen molar-refractivity contribution in [3.05, 3.63) is 66.7 Å². The Morgan fingerprint density at radius 1 is 0.969 bits per heavy atom. The molecule has 8 rings (SSSR count). The van der Waals surface area contributed by atoms with Crippen LogP contribution in [0.2, 0.25) is 0 Å². The zero-order chi connectivity index (χ0) is 21.3. The largest absolute Gasteiger partial charge is 0.343 e. The van der Waals surface area contributed by atoms with E-state index in [-0.39, 0.29) is 11.4 Å². The highest BCUT2D eigenvalue weighted by Gasteiger charge is 2.52. The number of H-pyrrole nitrogens is 1. The highest BCUT2D eigenvalue weighted by Crippen LogP contribution is 2.55. The Hall–Kier alpha value is -3.21. The number of nitrogens with zero attached hydrogens (tertiary/aromatic N) is 2. The van der Waals surface area contributed by atoms with Crippen molar-refractivity contribution < 1.29 is 9.20 Å². The SMILES string of the molecule is O=C(NC12CC3CC(CC(C3)C1)C2)c1[nH]c(-c2cncc3ccccc23)[n+]2ccccc12. The zero-order valence-electron chi connectivity index (χ0n) is 18.1. The molecule has 4 fully saturated rings. The van der Waals surface area contributed by atoms with E-state index in [1.807, 2.05) is 48.9 Å². The first-order valence-corrected chi connectivity index (χ1v) is 11.9. The van der Waals surface area contributed by atoms with Gasteiger partial charge < -0.3 is 5.32 Å². The van der Waals surface area contributed by atoms with E-state index in [1.165, 1.54) is 19.3 Å². The predicted octanol–water partition coefficient (Wildman–Crippen LogP) is 4.67. The van der Waals surface area contributed by atoms with Crippen LogP contribution < -0.4 is 9.72 Å². The third-order valence-electron chi connectivity index (χ3n) is 8.17. The molecule has 160 valence electrons. The van der Waals surface area contributed by atoms with E-state index < -0.39 is 0 Å². The summed E-state index contributed by atoms with van der Waals surface area (Å²) in [6.07, 6.45) is 13.3. The van der Waals surface area contributed by atoms with Crippen molar-refractivity contribution in [1.82, 2.24) is 15.3 Å². The quantitative estimate of drug-likeness (QED) is 0.471. The summed E-state index contributed by atoms with van der Waals surface area (Å²) < 4.78 is 2.08. The van der Waals surface area contributed by atoms with Crippen molar-refractivity contribution in [3.63, 3.8) is 0 Å². The first kappa shape index (κ1) is 18.4. The lowest BCUT2D eigenvalue weighted by atomic mass is 9.53. The van der Waals surface area contributed by atoms with Crippen molar-refractivity contribution in [2.75, 3.05) is 0 Å². The number of rotatable bonds is 3. The van der Waals surface area contributed by atoms with E-state index in [0.29, 0.717) is 5.69 Å².